The van der Waals surface area contributed by atoms with Crippen molar-refractivity contribution in [2.24, 2.45) is 5.92 Å². The van der Waals surface area contributed by atoms with Crippen LogP contribution in [0.4, 0.5) is 5.82 Å². The van der Waals surface area contributed by atoms with E-state index in [0.717, 1.165) is 63.0 Å². The van der Waals surface area contributed by atoms with Gasteiger partial charge in [-0.3, -0.25) is 19.1 Å². The fraction of sp³-hybridized carbons (Fsp3) is 0.600. The first-order chi connectivity index (χ1) is 15.8. The molecular formula is C25H34N4O2S2. The van der Waals surface area contributed by atoms with Crippen LogP contribution in [0.2, 0.25) is 0 Å². The lowest BCUT2D eigenvalue weighted by atomic mass is 9.97. The first-order valence-electron chi connectivity index (χ1n) is 12.0. The molecule has 8 heteroatoms. The number of hydrogen-bond donors (Lipinski definition) is 0. The van der Waals surface area contributed by atoms with Gasteiger partial charge in [-0.2, -0.15) is 5.26 Å². The second kappa shape index (κ2) is 11.3. The van der Waals surface area contributed by atoms with E-state index >= 15 is 0 Å². The van der Waals surface area contributed by atoms with Gasteiger partial charge in [0.2, 0.25) is 0 Å². The fourth-order valence-corrected chi connectivity index (χ4v) is 5.81. The molecule has 2 fully saturated rings. The number of carbonyl (C=O) groups is 1. The number of thioether (sulfide) groups is 1. The molecule has 2 aliphatic rings. The van der Waals surface area contributed by atoms with E-state index in [0.29, 0.717) is 33.8 Å². The lowest BCUT2D eigenvalue weighted by Gasteiger charge is -2.35. The molecule has 0 aliphatic carbocycles. The summed E-state index contributed by atoms with van der Waals surface area (Å²) in [5.74, 6) is 1.39. The van der Waals surface area contributed by atoms with E-state index < -0.39 is 0 Å². The lowest BCUT2D eigenvalue weighted by molar-refractivity contribution is -0.122. The highest BCUT2D eigenvalue weighted by molar-refractivity contribution is 8.26. The van der Waals surface area contributed by atoms with Gasteiger partial charge < -0.3 is 4.90 Å². The molecule has 6 nitrogen and oxygen atoms in total. The minimum absolute atomic E-state index is 0.0770. The minimum Gasteiger partial charge on any atom is -0.357 e. The van der Waals surface area contributed by atoms with Crippen LogP contribution in [0.5, 0.6) is 0 Å². The molecule has 0 spiro atoms. The molecule has 1 aromatic rings. The Morgan fingerprint density at radius 2 is 1.88 bits per heavy atom. The molecule has 3 heterocycles. The number of unbranched alkanes of at least 4 members (excludes halogenated alkanes) is 3. The number of aromatic nitrogens is 1. The second-order valence-electron chi connectivity index (χ2n) is 8.96. The van der Waals surface area contributed by atoms with Crippen molar-refractivity contribution in [1.29, 1.82) is 5.26 Å². The van der Waals surface area contributed by atoms with Crippen LogP contribution in [0, 0.1) is 24.2 Å². The van der Waals surface area contributed by atoms with Crippen LogP contribution in [0.25, 0.3) is 6.08 Å². The number of carbonyl (C=O) groups excluding carboxylic acids is 1. The number of nitrogens with zero attached hydrogens (tertiary/aromatic N) is 4. The predicted molar refractivity (Wildman–Crippen MR) is 140 cm³/mol. The quantitative estimate of drug-likeness (QED) is 0.290. The van der Waals surface area contributed by atoms with Crippen molar-refractivity contribution in [1.82, 2.24) is 9.47 Å². The van der Waals surface area contributed by atoms with Gasteiger partial charge in [0.1, 0.15) is 21.8 Å². The van der Waals surface area contributed by atoms with Gasteiger partial charge in [-0.25, -0.2) is 0 Å². The highest BCUT2D eigenvalue weighted by atomic mass is 32.2. The molecule has 33 heavy (non-hydrogen) atoms. The number of amides is 1. The zero-order valence-electron chi connectivity index (χ0n) is 20.1. The summed E-state index contributed by atoms with van der Waals surface area (Å²) in [6.07, 6.45) is 8.27. The van der Waals surface area contributed by atoms with Gasteiger partial charge in [-0.05, 0) is 50.7 Å². The summed E-state index contributed by atoms with van der Waals surface area (Å²) < 4.78 is 2.27. The normalized spacial score (nSPS) is 18.5. The molecule has 0 aromatic carbocycles. The third kappa shape index (κ3) is 5.36. The third-order valence-corrected chi connectivity index (χ3v) is 8.01. The maximum absolute atomic E-state index is 13.2. The summed E-state index contributed by atoms with van der Waals surface area (Å²) in [6, 6.07) is 2.10. The number of thiocarbonyl (C=S) groups is 1. The van der Waals surface area contributed by atoms with E-state index in [4.69, 9.17) is 12.2 Å². The smallest absolute Gasteiger partial charge is 0.270 e. The molecule has 0 bridgehead atoms. The standard InChI is InChI=1S/C25H34N4O2S2/c1-5-7-8-9-12-29-24(31)21(33-25(29)32)15-19-18(4)20(16-26)23(30)28(6-2)22(19)27-13-10-17(3)11-14-27/h15,17H,5-14H2,1-4H3. The molecule has 3 rings (SSSR count). The van der Waals surface area contributed by atoms with Crippen molar-refractivity contribution < 1.29 is 4.79 Å². The molecule has 0 saturated carbocycles. The number of pyridine rings is 1. The molecule has 1 amide bonds. The lowest BCUT2D eigenvalue weighted by Crippen LogP contribution is -2.39. The van der Waals surface area contributed by atoms with Crippen LogP contribution in [0.1, 0.15) is 76.0 Å². The molecule has 2 saturated heterocycles. The van der Waals surface area contributed by atoms with E-state index in [2.05, 4.69) is 24.8 Å². The average molecular weight is 487 g/mol. The van der Waals surface area contributed by atoms with E-state index in [1.165, 1.54) is 11.8 Å². The monoisotopic (exact) mass is 486 g/mol. The number of hydrogen-bond acceptors (Lipinski definition) is 6. The zero-order chi connectivity index (χ0) is 24.1. The maximum Gasteiger partial charge on any atom is 0.270 e. The Morgan fingerprint density at radius 1 is 1.18 bits per heavy atom. The zero-order valence-corrected chi connectivity index (χ0v) is 21.8. The number of piperidine rings is 1. The highest BCUT2D eigenvalue weighted by Gasteiger charge is 2.33. The summed E-state index contributed by atoms with van der Waals surface area (Å²) in [5.41, 5.74) is 1.31. The van der Waals surface area contributed by atoms with E-state index in [1.807, 2.05) is 19.9 Å². The van der Waals surface area contributed by atoms with E-state index in [9.17, 15) is 14.9 Å². The van der Waals surface area contributed by atoms with Gasteiger partial charge >= 0.3 is 0 Å². The Hall–Kier alpha value is -2.11. The van der Waals surface area contributed by atoms with Crippen molar-refractivity contribution in [2.45, 2.75) is 72.8 Å². The van der Waals surface area contributed by atoms with E-state index in [1.54, 1.807) is 9.47 Å². The Morgan fingerprint density at radius 3 is 2.48 bits per heavy atom. The van der Waals surface area contributed by atoms with Crippen molar-refractivity contribution in [3.05, 3.63) is 31.9 Å². The van der Waals surface area contributed by atoms with Crippen LogP contribution in [0.3, 0.4) is 0 Å². The predicted octanol–water partition coefficient (Wildman–Crippen LogP) is 5.07. The molecular weight excluding hydrogens is 452 g/mol. The number of rotatable bonds is 8. The van der Waals surface area contributed by atoms with Crippen LogP contribution in [-0.4, -0.2) is 39.3 Å². The Bertz CT molecular complexity index is 1050. The van der Waals surface area contributed by atoms with Gasteiger partial charge in [0.15, 0.2) is 0 Å². The molecule has 0 atom stereocenters. The van der Waals surface area contributed by atoms with Crippen molar-refractivity contribution in [2.75, 3.05) is 24.5 Å². The molecule has 0 unspecified atom stereocenters. The van der Waals surface area contributed by atoms with Gasteiger partial charge in [-0.15, -0.1) is 0 Å². The van der Waals surface area contributed by atoms with Crippen molar-refractivity contribution in [3.8, 4) is 6.07 Å². The summed E-state index contributed by atoms with van der Waals surface area (Å²) in [4.78, 5) is 30.8. The summed E-state index contributed by atoms with van der Waals surface area (Å²) in [5, 5.41) is 9.72. The van der Waals surface area contributed by atoms with Crippen LogP contribution in [0.15, 0.2) is 9.70 Å². The second-order valence-corrected chi connectivity index (χ2v) is 10.6. The summed E-state index contributed by atoms with van der Waals surface area (Å²) in [6.45, 7) is 11.0. The van der Waals surface area contributed by atoms with E-state index in [-0.39, 0.29) is 17.0 Å². The number of nitriles is 1. The maximum atomic E-state index is 13.2. The van der Waals surface area contributed by atoms with Crippen LogP contribution in [-0.2, 0) is 11.3 Å². The minimum atomic E-state index is -0.258. The Kier molecular flexibility index (Phi) is 8.77. The number of anilines is 1. The highest BCUT2D eigenvalue weighted by Crippen LogP contribution is 2.36. The van der Waals surface area contributed by atoms with Crippen LogP contribution < -0.4 is 10.5 Å². The first-order valence-corrected chi connectivity index (χ1v) is 13.2. The largest absolute Gasteiger partial charge is 0.357 e. The molecule has 2 aliphatic heterocycles. The van der Waals surface area contributed by atoms with Gasteiger partial charge in [-0.1, -0.05) is 57.1 Å². The van der Waals surface area contributed by atoms with Crippen molar-refractivity contribution in [3.63, 3.8) is 0 Å². The van der Waals surface area contributed by atoms with Gasteiger partial charge in [0.05, 0.1) is 4.91 Å². The SMILES string of the molecule is CCCCCCN1C(=O)C(=Cc2c(C)c(C#N)c(=O)n(CC)c2N2CCC(C)CC2)SC1=S. The summed E-state index contributed by atoms with van der Waals surface area (Å²) in [7, 11) is 0. The topological polar surface area (TPSA) is 69.3 Å². The first kappa shape index (κ1) is 25.5. The van der Waals surface area contributed by atoms with Gasteiger partial charge in [0.25, 0.3) is 11.5 Å². The molecule has 178 valence electrons. The summed E-state index contributed by atoms with van der Waals surface area (Å²) >= 11 is 6.84. The van der Waals surface area contributed by atoms with Crippen molar-refractivity contribution >= 4 is 46.1 Å². The molecule has 0 radical (unpaired) electrons. The molecule has 0 N–H and O–H groups in total. The van der Waals surface area contributed by atoms with Crippen LogP contribution >= 0.6 is 24.0 Å². The molecule has 1 aromatic heterocycles. The Labute approximate surface area is 206 Å². The third-order valence-electron chi connectivity index (χ3n) is 6.63. The fourth-order valence-electron chi connectivity index (χ4n) is 4.52. The Balaban J connectivity index is 2.05. The van der Waals surface area contributed by atoms with Gasteiger partial charge in [0, 0.05) is 31.7 Å². The average Bonchev–Trinajstić information content (AvgIpc) is 3.06.